The van der Waals surface area contributed by atoms with E-state index in [1.165, 1.54) is 18.2 Å². The lowest BCUT2D eigenvalue weighted by atomic mass is 10.1. The average Bonchev–Trinajstić information content (AvgIpc) is 3.22. The highest BCUT2D eigenvalue weighted by Crippen LogP contribution is 2.32. The second kappa shape index (κ2) is 12.9. The quantitative estimate of drug-likeness (QED) is 0.470. The lowest BCUT2D eigenvalue weighted by Gasteiger charge is -2.34. The van der Waals surface area contributed by atoms with Crippen LogP contribution in [0.15, 0.2) is 46.9 Å². The first-order chi connectivity index (χ1) is 17.0. The summed E-state index contributed by atoms with van der Waals surface area (Å²) in [5.41, 5.74) is 5.21. The zero-order valence-corrected chi connectivity index (χ0v) is 19.6. The standard InChI is InChI=1S/C24H27F2N3O3.CH3NO/c1-17-23(32-24(27-17)22-20(25)3-2-4-21(22)26)18-5-7-19(8-6-18)31-16-14-29-11-9-28(10-12-29)13-15-30;2-1-3/h2-8,30H,9-16H2,1H3;1H,(H2,2,3). The van der Waals surface area contributed by atoms with E-state index in [4.69, 9.17) is 19.1 Å². The van der Waals surface area contributed by atoms with E-state index in [9.17, 15) is 8.78 Å². The smallest absolute Gasteiger partial charge is 0.232 e. The summed E-state index contributed by atoms with van der Waals surface area (Å²) >= 11 is 0. The van der Waals surface area contributed by atoms with E-state index in [0.717, 1.165) is 50.6 Å². The molecule has 8 nitrogen and oxygen atoms in total. The summed E-state index contributed by atoms with van der Waals surface area (Å²) in [6.45, 7) is 7.97. The number of rotatable bonds is 8. The van der Waals surface area contributed by atoms with Crippen LogP contribution in [0.1, 0.15) is 5.69 Å². The van der Waals surface area contributed by atoms with Gasteiger partial charge in [0.05, 0.1) is 12.3 Å². The van der Waals surface area contributed by atoms with Crippen LogP contribution in [0.4, 0.5) is 8.78 Å². The highest BCUT2D eigenvalue weighted by atomic mass is 19.1. The summed E-state index contributed by atoms with van der Waals surface area (Å²) in [6.07, 6.45) is 0.250. The molecule has 188 valence electrons. The summed E-state index contributed by atoms with van der Waals surface area (Å²) in [4.78, 5) is 17.4. The average molecular weight is 489 g/mol. The van der Waals surface area contributed by atoms with Gasteiger partial charge in [-0.3, -0.25) is 14.6 Å². The number of aliphatic hydroxyl groups is 1. The number of aryl methyl sites for hydroxylation is 1. The van der Waals surface area contributed by atoms with Crippen molar-refractivity contribution in [3.8, 4) is 28.5 Å². The molecule has 4 rings (SSSR count). The molecule has 1 saturated heterocycles. The minimum absolute atomic E-state index is 0.0764. The van der Waals surface area contributed by atoms with Crippen molar-refractivity contribution in [2.24, 2.45) is 5.73 Å². The molecule has 0 bridgehead atoms. The molecule has 1 amide bonds. The first-order valence-electron chi connectivity index (χ1n) is 11.3. The van der Waals surface area contributed by atoms with E-state index in [0.29, 0.717) is 18.1 Å². The highest BCUT2D eigenvalue weighted by molar-refractivity contribution is 5.65. The van der Waals surface area contributed by atoms with Crippen molar-refractivity contribution in [1.29, 1.82) is 0 Å². The van der Waals surface area contributed by atoms with Crippen molar-refractivity contribution in [1.82, 2.24) is 14.8 Å². The predicted molar refractivity (Wildman–Crippen MR) is 128 cm³/mol. The molecule has 0 atom stereocenters. The van der Waals surface area contributed by atoms with E-state index in [2.05, 4.69) is 20.5 Å². The van der Waals surface area contributed by atoms with Gasteiger partial charge >= 0.3 is 0 Å². The molecule has 2 aromatic carbocycles. The monoisotopic (exact) mass is 488 g/mol. The van der Waals surface area contributed by atoms with Crippen LogP contribution in [0.25, 0.3) is 22.8 Å². The predicted octanol–water partition coefficient (Wildman–Crippen LogP) is 2.69. The lowest BCUT2D eigenvalue weighted by molar-refractivity contribution is -0.106. The van der Waals surface area contributed by atoms with Crippen molar-refractivity contribution < 1.29 is 27.8 Å². The molecule has 1 fully saturated rings. The Hall–Kier alpha value is -3.34. The van der Waals surface area contributed by atoms with Gasteiger partial charge < -0.3 is 20.0 Å². The second-order valence-electron chi connectivity index (χ2n) is 7.95. The number of hydrogen-bond donors (Lipinski definition) is 2. The van der Waals surface area contributed by atoms with Gasteiger partial charge in [0.25, 0.3) is 0 Å². The summed E-state index contributed by atoms with van der Waals surface area (Å²) < 4.78 is 39.7. The first-order valence-corrected chi connectivity index (χ1v) is 11.3. The van der Waals surface area contributed by atoms with Crippen LogP contribution in [-0.4, -0.2) is 78.8 Å². The summed E-state index contributed by atoms with van der Waals surface area (Å²) in [7, 11) is 0. The van der Waals surface area contributed by atoms with Gasteiger partial charge in [-0.15, -0.1) is 0 Å². The van der Waals surface area contributed by atoms with Gasteiger partial charge in [0.2, 0.25) is 12.3 Å². The van der Waals surface area contributed by atoms with Gasteiger partial charge in [-0.1, -0.05) is 6.07 Å². The van der Waals surface area contributed by atoms with Crippen LogP contribution in [-0.2, 0) is 4.79 Å². The minimum atomic E-state index is -0.712. The maximum atomic E-state index is 14.1. The third-order valence-electron chi connectivity index (χ3n) is 5.65. The Balaban J connectivity index is 0.00000108. The van der Waals surface area contributed by atoms with Crippen LogP contribution >= 0.6 is 0 Å². The number of aromatic nitrogens is 1. The van der Waals surface area contributed by atoms with Gasteiger partial charge in [0.15, 0.2) is 5.76 Å². The van der Waals surface area contributed by atoms with Crippen LogP contribution in [0.3, 0.4) is 0 Å². The number of aliphatic hydroxyl groups excluding tert-OH is 1. The van der Waals surface area contributed by atoms with E-state index in [1.54, 1.807) is 6.92 Å². The van der Waals surface area contributed by atoms with Gasteiger partial charge in [-0.25, -0.2) is 13.8 Å². The molecule has 3 aromatic rings. The summed E-state index contributed by atoms with van der Waals surface area (Å²) in [5, 5.41) is 9.02. The number of nitrogens with zero attached hydrogens (tertiary/aromatic N) is 3. The number of hydrogen-bond acceptors (Lipinski definition) is 7. The Bertz CT molecular complexity index is 1060. The number of β-amino-alcohol motifs (C(OH)–C–C–N with tert-alkyl or cyclic N) is 1. The molecule has 0 spiro atoms. The molecule has 0 saturated carbocycles. The molecule has 35 heavy (non-hydrogen) atoms. The first kappa shape index (κ1) is 26.3. The molecule has 0 aliphatic carbocycles. The van der Waals surface area contributed by atoms with Crippen molar-refractivity contribution in [2.75, 3.05) is 52.5 Å². The third kappa shape index (κ3) is 7.08. The van der Waals surface area contributed by atoms with Gasteiger partial charge in [0.1, 0.15) is 29.6 Å². The second-order valence-corrected chi connectivity index (χ2v) is 7.95. The normalized spacial score (nSPS) is 14.3. The molecular weight excluding hydrogens is 458 g/mol. The van der Waals surface area contributed by atoms with Crippen LogP contribution in [0.2, 0.25) is 0 Å². The number of primary amides is 1. The molecule has 3 N–H and O–H groups in total. The number of carbonyl (C=O) groups excluding carboxylic acids is 1. The van der Waals surface area contributed by atoms with E-state index >= 15 is 0 Å². The van der Waals surface area contributed by atoms with Gasteiger partial charge in [-0.05, 0) is 43.3 Å². The van der Waals surface area contributed by atoms with E-state index < -0.39 is 11.6 Å². The number of ether oxygens (including phenoxy) is 1. The SMILES string of the molecule is Cc1nc(-c2c(F)cccc2F)oc1-c1ccc(OCCN2CCN(CCO)CC2)cc1.NC=O. The number of amides is 1. The Labute approximate surface area is 202 Å². The van der Waals surface area contributed by atoms with E-state index in [1.807, 2.05) is 24.3 Å². The highest BCUT2D eigenvalue weighted by Gasteiger charge is 2.20. The Morgan fingerprint density at radius 3 is 2.20 bits per heavy atom. The van der Waals surface area contributed by atoms with Gasteiger partial charge in [-0.2, -0.15) is 0 Å². The maximum absolute atomic E-state index is 14.1. The van der Waals surface area contributed by atoms with Crippen LogP contribution in [0, 0.1) is 18.6 Å². The topological polar surface area (TPSA) is 105 Å². The zero-order chi connectivity index (χ0) is 25.2. The fraction of sp³-hybridized carbons (Fsp3) is 0.360. The number of piperazine rings is 1. The van der Waals surface area contributed by atoms with Crippen molar-refractivity contribution >= 4 is 6.41 Å². The van der Waals surface area contributed by atoms with E-state index in [-0.39, 0.29) is 24.5 Å². The molecule has 1 aliphatic rings. The maximum Gasteiger partial charge on any atom is 0.232 e. The Kier molecular flexibility index (Phi) is 9.71. The van der Waals surface area contributed by atoms with Crippen molar-refractivity contribution in [2.45, 2.75) is 6.92 Å². The van der Waals surface area contributed by atoms with Crippen molar-refractivity contribution in [3.05, 3.63) is 59.8 Å². The summed E-state index contributed by atoms with van der Waals surface area (Å²) in [5.74, 6) is -0.291. The lowest BCUT2D eigenvalue weighted by Crippen LogP contribution is -2.48. The fourth-order valence-electron chi connectivity index (χ4n) is 3.85. The molecule has 0 unspecified atom stereocenters. The fourth-order valence-corrected chi connectivity index (χ4v) is 3.85. The number of oxazole rings is 1. The van der Waals surface area contributed by atoms with Crippen LogP contribution in [0.5, 0.6) is 5.75 Å². The minimum Gasteiger partial charge on any atom is -0.492 e. The molecule has 1 aromatic heterocycles. The Morgan fingerprint density at radius 2 is 1.63 bits per heavy atom. The molecular formula is C25H30F2N4O4. The Morgan fingerprint density at radius 1 is 1.06 bits per heavy atom. The largest absolute Gasteiger partial charge is 0.492 e. The number of nitrogens with two attached hydrogens (primary N) is 1. The van der Waals surface area contributed by atoms with Gasteiger partial charge in [0, 0.05) is 44.8 Å². The van der Waals surface area contributed by atoms with Crippen LogP contribution < -0.4 is 10.5 Å². The zero-order valence-electron chi connectivity index (χ0n) is 19.6. The number of carbonyl (C=O) groups is 1. The molecule has 1 aliphatic heterocycles. The van der Waals surface area contributed by atoms with Crippen molar-refractivity contribution in [3.63, 3.8) is 0 Å². The molecule has 2 heterocycles. The third-order valence-corrected chi connectivity index (χ3v) is 5.65. The summed E-state index contributed by atoms with van der Waals surface area (Å²) in [6, 6.07) is 11.0. The number of benzene rings is 2. The number of halogens is 2. The molecule has 0 radical (unpaired) electrons. The molecule has 10 heteroatoms.